The van der Waals surface area contributed by atoms with E-state index in [2.05, 4.69) is 11.7 Å². The summed E-state index contributed by atoms with van der Waals surface area (Å²) in [6.07, 6.45) is 5.18. The van der Waals surface area contributed by atoms with Crippen LogP contribution in [0.1, 0.15) is 32.1 Å². The molecular weight excluding hydrogens is 215 g/mol. The molecule has 1 atom stereocenters. The highest BCUT2D eigenvalue weighted by Crippen LogP contribution is 2.59. The summed E-state index contributed by atoms with van der Waals surface area (Å²) in [5.74, 6) is 0. The molecule has 1 N–H and O–H groups in total. The van der Waals surface area contributed by atoms with Gasteiger partial charge in [0.25, 0.3) is 0 Å². The zero-order chi connectivity index (χ0) is 9.03. The standard InChI is InChI=1S/C6H13O3PS2/c7-10(8,12-11)9-6-4-2-1-3-5-6/h6,11H,1-5H2,(H,7,8). The zero-order valence-electron chi connectivity index (χ0n) is 6.68. The first-order valence-electron chi connectivity index (χ1n) is 3.98. The predicted octanol–water partition coefficient (Wildman–Crippen LogP) is 3.01. The first kappa shape index (κ1) is 10.9. The molecule has 72 valence electrons. The third-order valence-electron chi connectivity index (χ3n) is 1.94. The second kappa shape index (κ2) is 4.91. The Balaban J connectivity index is 2.34. The van der Waals surface area contributed by atoms with E-state index in [1.807, 2.05) is 0 Å². The van der Waals surface area contributed by atoms with Crippen molar-refractivity contribution in [2.45, 2.75) is 38.2 Å². The Morgan fingerprint density at radius 1 is 1.42 bits per heavy atom. The molecule has 3 nitrogen and oxygen atoms in total. The second-order valence-corrected chi connectivity index (χ2v) is 7.57. The fourth-order valence-corrected chi connectivity index (χ4v) is 2.83. The summed E-state index contributed by atoms with van der Waals surface area (Å²) in [6, 6.07) is 0. The topological polar surface area (TPSA) is 46.5 Å². The van der Waals surface area contributed by atoms with E-state index < -0.39 is 6.80 Å². The molecule has 0 amide bonds. The average molecular weight is 228 g/mol. The van der Waals surface area contributed by atoms with Gasteiger partial charge in [-0.1, -0.05) is 30.9 Å². The fourth-order valence-electron chi connectivity index (χ4n) is 1.38. The molecule has 0 aromatic rings. The van der Waals surface area contributed by atoms with Crippen LogP contribution in [0.5, 0.6) is 0 Å². The van der Waals surface area contributed by atoms with Crippen molar-refractivity contribution < 1.29 is 14.0 Å². The third kappa shape index (κ3) is 3.71. The Kier molecular flexibility index (Phi) is 4.47. The Morgan fingerprint density at radius 2 is 2.00 bits per heavy atom. The summed E-state index contributed by atoms with van der Waals surface area (Å²) in [4.78, 5) is 9.10. The largest absolute Gasteiger partial charge is 0.397 e. The van der Waals surface area contributed by atoms with Crippen LogP contribution in [0, 0.1) is 0 Å². The summed E-state index contributed by atoms with van der Waals surface area (Å²) in [6.45, 7) is -3.46. The quantitative estimate of drug-likeness (QED) is 0.443. The molecule has 1 saturated carbocycles. The van der Waals surface area contributed by atoms with E-state index >= 15 is 0 Å². The van der Waals surface area contributed by atoms with Crippen LogP contribution in [0.15, 0.2) is 0 Å². The van der Waals surface area contributed by atoms with Crippen molar-refractivity contribution in [3.8, 4) is 0 Å². The molecule has 0 radical (unpaired) electrons. The molecule has 1 aliphatic carbocycles. The van der Waals surface area contributed by atoms with Gasteiger partial charge in [-0.3, -0.25) is 4.52 Å². The molecule has 0 aromatic heterocycles. The van der Waals surface area contributed by atoms with Crippen LogP contribution in [0.4, 0.5) is 0 Å². The molecule has 0 saturated heterocycles. The number of hydrogen-bond acceptors (Lipinski definition) is 4. The number of thiol groups is 1. The van der Waals surface area contributed by atoms with Crippen molar-refractivity contribution >= 4 is 28.9 Å². The lowest BCUT2D eigenvalue weighted by Crippen LogP contribution is -2.14. The Hall–Kier alpha value is 0.850. The van der Waals surface area contributed by atoms with E-state index in [1.54, 1.807) is 0 Å². The molecule has 12 heavy (non-hydrogen) atoms. The predicted molar refractivity (Wildman–Crippen MR) is 54.4 cm³/mol. The number of hydrogen-bond donors (Lipinski definition) is 2. The summed E-state index contributed by atoms with van der Waals surface area (Å²) in [5, 5.41) is 0. The molecule has 0 aromatic carbocycles. The molecule has 1 unspecified atom stereocenters. The van der Waals surface area contributed by atoms with Crippen molar-refractivity contribution in [3.63, 3.8) is 0 Å². The SMILES string of the molecule is O=P(O)(OC1CCCCC1)SS. The Bertz CT molecular complexity index is 182. The minimum atomic E-state index is -3.46. The fraction of sp³-hybridized carbons (Fsp3) is 1.00. The monoisotopic (exact) mass is 228 g/mol. The summed E-state index contributed by atoms with van der Waals surface area (Å²) < 4.78 is 16.1. The van der Waals surface area contributed by atoms with Gasteiger partial charge in [0.05, 0.1) is 6.10 Å². The minimum Gasteiger partial charge on any atom is -0.316 e. The van der Waals surface area contributed by atoms with Gasteiger partial charge in [-0.15, -0.1) is 0 Å². The highest BCUT2D eigenvalue weighted by molar-refractivity contribution is 8.93. The highest BCUT2D eigenvalue weighted by Gasteiger charge is 2.25. The average Bonchev–Trinajstić information content (AvgIpc) is 2.06. The van der Waals surface area contributed by atoms with Gasteiger partial charge in [0.1, 0.15) is 0 Å². The van der Waals surface area contributed by atoms with Crippen molar-refractivity contribution in [2.75, 3.05) is 0 Å². The van der Waals surface area contributed by atoms with Gasteiger partial charge in [-0.2, -0.15) is 0 Å². The summed E-state index contributed by atoms with van der Waals surface area (Å²) in [7, 11) is 0.604. The first-order valence-corrected chi connectivity index (χ1v) is 8.03. The zero-order valence-corrected chi connectivity index (χ0v) is 9.28. The lowest BCUT2D eigenvalue weighted by Gasteiger charge is -2.22. The Morgan fingerprint density at radius 3 is 2.50 bits per heavy atom. The molecule has 1 fully saturated rings. The lowest BCUT2D eigenvalue weighted by atomic mass is 9.98. The smallest absolute Gasteiger partial charge is 0.316 e. The second-order valence-electron chi connectivity index (χ2n) is 2.92. The van der Waals surface area contributed by atoms with Crippen molar-refractivity contribution in [1.29, 1.82) is 0 Å². The highest BCUT2D eigenvalue weighted by atomic mass is 33.3. The first-order chi connectivity index (χ1) is 5.64. The molecular formula is C6H13O3PS2. The molecule has 0 spiro atoms. The van der Waals surface area contributed by atoms with Gasteiger partial charge in [-0.25, -0.2) is 4.57 Å². The van der Waals surface area contributed by atoms with Crippen LogP contribution in [0.25, 0.3) is 0 Å². The van der Waals surface area contributed by atoms with Crippen LogP contribution in [0.2, 0.25) is 0 Å². The lowest BCUT2D eigenvalue weighted by molar-refractivity contribution is 0.144. The van der Waals surface area contributed by atoms with Crippen molar-refractivity contribution in [3.05, 3.63) is 0 Å². The molecule has 1 rings (SSSR count). The molecule has 0 heterocycles. The van der Waals surface area contributed by atoms with Gasteiger partial charge in [0, 0.05) is 10.4 Å². The Labute approximate surface area is 81.4 Å². The van der Waals surface area contributed by atoms with Crippen LogP contribution in [0.3, 0.4) is 0 Å². The van der Waals surface area contributed by atoms with Gasteiger partial charge in [0.15, 0.2) is 0 Å². The molecule has 1 aliphatic rings. The van der Waals surface area contributed by atoms with Gasteiger partial charge in [-0.05, 0) is 12.8 Å². The summed E-state index contributed by atoms with van der Waals surface area (Å²) >= 11 is 3.68. The van der Waals surface area contributed by atoms with Gasteiger partial charge in [0.2, 0.25) is 0 Å². The van der Waals surface area contributed by atoms with E-state index in [0.29, 0.717) is 10.4 Å². The van der Waals surface area contributed by atoms with Crippen molar-refractivity contribution in [2.24, 2.45) is 0 Å². The third-order valence-corrected chi connectivity index (χ3v) is 5.44. The maximum atomic E-state index is 11.1. The van der Waals surface area contributed by atoms with Crippen molar-refractivity contribution in [1.82, 2.24) is 0 Å². The van der Waals surface area contributed by atoms with Crippen LogP contribution in [-0.2, 0) is 9.09 Å². The van der Waals surface area contributed by atoms with E-state index in [4.69, 9.17) is 9.42 Å². The maximum Gasteiger partial charge on any atom is 0.397 e. The molecule has 0 bridgehead atoms. The normalized spacial score (nSPS) is 25.2. The summed E-state index contributed by atoms with van der Waals surface area (Å²) in [5.41, 5.74) is 0. The minimum absolute atomic E-state index is 0.0331. The van der Waals surface area contributed by atoms with Crippen LogP contribution in [-0.4, -0.2) is 11.0 Å². The maximum absolute atomic E-state index is 11.1. The van der Waals surface area contributed by atoms with Crippen LogP contribution >= 0.6 is 28.9 Å². The molecule has 0 aliphatic heterocycles. The molecule has 6 heteroatoms. The van der Waals surface area contributed by atoms with Crippen LogP contribution < -0.4 is 0 Å². The van der Waals surface area contributed by atoms with E-state index in [1.165, 1.54) is 6.42 Å². The van der Waals surface area contributed by atoms with E-state index in [9.17, 15) is 4.57 Å². The number of rotatable bonds is 3. The van der Waals surface area contributed by atoms with Gasteiger partial charge >= 0.3 is 6.80 Å². The van der Waals surface area contributed by atoms with Gasteiger partial charge < -0.3 is 4.89 Å². The van der Waals surface area contributed by atoms with E-state index in [-0.39, 0.29) is 6.10 Å². The van der Waals surface area contributed by atoms with E-state index in [0.717, 1.165) is 25.7 Å².